The summed E-state index contributed by atoms with van der Waals surface area (Å²) in [5.41, 5.74) is 1.13. The van der Waals surface area contributed by atoms with Crippen molar-refractivity contribution in [3.8, 4) is 5.75 Å². The molecule has 1 amide bonds. The summed E-state index contributed by atoms with van der Waals surface area (Å²) < 4.78 is 1.64. The van der Waals surface area contributed by atoms with Gasteiger partial charge in [-0.15, -0.1) is 0 Å². The van der Waals surface area contributed by atoms with Gasteiger partial charge in [0.1, 0.15) is 18.0 Å². The molecule has 0 aliphatic rings. The van der Waals surface area contributed by atoms with Crippen LogP contribution in [-0.2, 0) is 11.8 Å². The second-order valence-corrected chi connectivity index (χ2v) is 3.91. The number of carbonyl (C=O) groups is 2. The highest BCUT2D eigenvalue weighted by atomic mass is 16.4. The highest BCUT2D eigenvalue weighted by molar-refractivity contribution is 5.99. The van der Waals surface area contributed by atoms with Crippen molar-refractivity contribution >= 4 is 22.8 Å². The van der Waals surface area contributed by atoms with E-state index in [9.17, 15) is 14.7 Å². The summed E-state index contributed by atoms with van der Waals surface area (Å²) in [7, 11) is 1.70. The van der Waals surface area contributed by atoms with Crippen molar-refractivity contribution in [1.29, 1.82) is 0 Å². The first-order chi connectivity index (χ1) is 8.49. The van der Waals surface area contributed by atoms with Crippen molar-refractivity contribution in [2.75, 3.05) is 6.54 Å². The third kappa shape index (κ3) is 2.13. The Labute approximate surface area is 102 Å². The van der Waals surface area contributed by atoms with Crippen LogP contribution in [0.4, 0.5) is 0 Å². The fourth-order valence-corrected chi connectivity index (χ4v) is 1.80. The third-order valence-corrected chi connectivity index (χ3v) is 2.66. The molecule has 0 spiro atoms. The maximum absolute atomic E-state index is 11.8. The van der Waals surface area contributed by atoms with E-state index >= 15 is 0 Å². The normalized spacial score (nSPS) is 10.5. The Bertz CT molecular complexity index is 630. The molecule has 0 saturated carbocycles. The topological polar surface area (TPSA) is 91.6 Å². The van der Waals surface area contributed by atoms with E-state index in [1.165, 1.54) is 6.07 Å². The summed E-state index contributed by atoms with van der Waals surface area (Å²) in [6.07, 6.45) is 0. The lowest BCUT2D eigenvalue weighted by Gasteiger charge is -2.04. The lowest BCUT2D eigenvalue weighted by atomic mass is 10.2. The van der Waals surface area contributed by atoms with Gasteiger partial charge in [-0.1, -0.05) is 0 Å². The smallest absolute Gasteiger partial charge is 0.322 e. The Morgan fingerprint density at radius 1 is 1.33 bits per heavy atom. The number of carboxylic acid groups (broad SMARTS) is 1. The monoisotopic (exact) mass is 248 g/mol. The third-order valence-electron chi connectivity index (χ3n) is 2.66. The molecule has 0 fully saturated rings. The summed E-state index contributed by atoms with van der Waals surface area (Å²) in [6.45, 7) is -0.425. The number of aryl methyl sites for hydroxylation is 1. The Balaban J connectivity index is 2.36. The van der Waals surface area contributed by atoms with Gasteiger partial charge in [0.2, 0.25) is 0 Å². The number of hydrogen-bond acceptors (Lipinski definition) is 3. The molecular formula is C12H12N2O4. The number of phenols is 1. The second-order valence-electron chi connectivity index (χ2n) is 3.91. The molecule has 1 heterocycles. The van der Waals surface area contributed by atoms with Crippen LogP contribution >= 0.6 is 0 Å². The summed E-state index contributed by atoms with van der Waals surface area (Å²) >= 11 is 0. The first-order valence-electron chi connectivity index (χ1n) is 5.27. The zero-order valence-electron chi connectivity index (χ0n) is 9.67. The zero-order valence-corrected chi connectivity index (χ0v) is 9.67. The highest BCUT2D eigenvalue weighted by Crippen LogP contribution is 2.22. The number of aromatic nitrogens is 1. The van der Waals surface area contributed by atoms with Crippen LogP contribution in [-0.4, -0.2) is 33.2 Å². The predicted octanol–water partition coefficient (Wildman–Crippen LogP) is 0.698. The number of carbonyl (C=O) groups excluding carboxylic acids is 1. The van der Waals surface area contributed by atoms with E-state index in [0.29, 0.717) is 5.69 Å². The first kappa shape index (κ1) is 12.0. The fraction of sp³-hybridized carbons (Fsp3) is 0.167. The summed E-state index contributed by atoms with van der Waals surface area (Å²) in [5.74, 6) is -1.44. The molecule has 2 aromatic rings. The number of rotatable bonds is 3. The second kappa shape index (κ2) is 4.40. The van der Waals surface area contributed by atoms with Crippen LogP contribution in [0.5, 0.6) is 5.75 Å². The van der Waals surface area contributed by atoms with Crippen LogP contribution in [0.25, 0.3) is 10.9 Å². The number of carboxylic acids is 1. The average molecular weight is 248 g/mol. The van der Waals surface area contributed by atoms with Crippen LogP contribution in [0.15, 0.2) is 24.3 Å². The van der Waals surface area contributed by atoms with Crippen LogP contribution in [0.1, 0.15) is 10.5 Å². The molecule has 0 unspecified atom stereocenters. The number of nitrogens with zero attached hydrogens (tertiary/aromatic N) is 1. The largest absolute Gasteiger partial charge is 0.508 e. The SMILES string of the molecule is Cn1c(C(=O)NCC(=O)O)cc2cc(O)ccc21. The van der Waals surface area contributed by atoms with E-state index in [2.05, 4.69) is 5.32 Å². The van der Waals surface area contributed by atoms with Crippen molar-refractivity contribution in [3.05, 3.63) is 30.0 Å². The molecule has 0 aliphatic carbocycles. The summed E-state index contributed by atoms with van der Waals surface area (Å²) in [5, 5.41) is 20.9. The maximum Gasteiger partial charge on any atom is 0.322 e. The maximum atomic E-state index is 11.8. The molecule has 6 nitrogen and oxygen atoms in total. The average Bonchev–Trinajstić information content (AvgIpc) is 2.63. The summed E-state index contributed by atoms with van der Waals surface area (Å²) in [6, 6.07) is 6.37. The molecule has 94 valence electrons. The number of aromatic hydroxyl groups is 1. The van der Waals surface area contributed by atoms with Gasteiger partial charge in [-0.25, -0.2) is 0 Å². The van der Waals surface area contributed by atoms with Gasteiger partial charge < -0.3 is 20.1 Å². The number of phenolic OH excluding ortho intramolecular Hbond substituents is 1. The number of benzene rings is 1. The van der Waals surface area contributed by atoms with Crippen molar-refractivity contribution in [3.63, 3.8) is 0 Å². The lowest BCUT2D eigenvalue weighted by molar-refractivity contribution is -0.135. The number of aliphatic carboxylic acids is 1. The minimum Gasteiger partial charge on any atom is -0.508 e. The standard InChI is InChI=1S/C12H12N2O4/c1-14-9-3-2-8(15)4-7(9)5-10(14)12(18)13-6-11(16)17/h2-5,15H,6H2,1H3,(H,13,18)(H,16,17). The molecule has 2 rings (SSSR count). The van der Waals surface area contributed by atoms with Crippen LogP contribution in [0.3, 0.4) is 0 Å². The van der Waals surface area contributed by atoms with Gasteiger partial charge >= 0.3 is 5.97 Å². The van der Waals surface area contributed by atoms with Gasteiger partial charge in [-0.3, -0.25) is 9.59 Å². The van der Waals surface area contributed by atoms with Gasteiger partial charge in [0.05, 0.1) is 0 Å². The zero-order chi connectivity index (χ0) is 13.3. The Kier molecular flexibility index (Phi) is 2.93. The molecule has 0 bridgehead atoms. The minimum atomic E-state index is -1.10. The molecular weight excluding hydrogens is 236 g/mol. The molecule has 0 saturated heterocycles. The molecule has 3 N–H and O–H groups in total. The van der Waals surface area contributed by atoms with Gasteiger partial charge in [0, 0.05) is 18.0 Å². The van der Waals surface area contributed by atoms with Crippen molar-refractivity contribution < 1.29 is 19.8 Å². The Morgan fingerprint density at radius 3 is 2.72 bits per heavy atom. The Morgan fingerprint density at radius 2 is 2.06 bits per heavy atom. The molecule has 0 aliphatic heterocycles. The highest BCUT2D eigenvalue weighted by Gasteiger charge is 2.14. The van der Waals surface area contributed by atoms with Crippen LogP contribution in [0.2, 0.25) is 0 Å². The fourth-order valence-electron chi connectivity index (χ4n) is 1.80. The molecule has 1 aromatic carbocycles. The van der Waals surface area contributed by atoms with Gasteiger partial charge in [-0.2, -0.15) is 0 Å². The molecule has 18 heavy (non-hydrogen) atoms. The number of amides is 1. The number of hydrogen-bond donors (Lipinski definition) is 3. The van der Waals surface area contributed by atoms with Crippen LogP contribution in [0, 0.1) is 0 Å². The van der Waals surface area contributed by atoms with E-state index < -0.39 is 18.4 Å². The van der Waals surface area contributed by atoms with Crippen molar-refractivity contribution in [2.24, 2.45) is 7.05 Å². The van der Waals surface area contributed by atoms with E-state index in [1.807, 2.05) is 0 Å². The van der Waals surface area contributed by atoms with E-state index in [-0.39, 0.29) is 5.75 Å². The lowest BCUT2D eigenvalue weighted by Crippen LogP contribution is -2.30. The molecule has 0 radical (unpaired) electrons. The van der Waals surface area contributed by atoms with Crippen molar-refractivity contribution in [1.82, 2.24) is 9.88 Å². The first-order valence-corrected chi connectivity index (χ1v) is 5.27. The molecule has 0 atom stereocenters. The summed E-state index contributed by atoms with van der Waals surface area (Å²) in [4.78, 5) is 22.1. The van der Waals surface area contributed by atoms with Crippen LogP contribution < -0.4 is 5.32 Å². The minimum absolute atomic E-state index is 0.116. The predicted molar refractivity (Wildman–Crippen MR) is 64.6 cm³/mol. The molecule has 1 aromatic heterocycles. The van der Waals surface area contributed by atoms with Gasteiger partial charge in [-0.05, 0) is 24.3 Å². The quantitative estimate of drug-likeness (QED) is 0.745. The van der Waals surface area contributed by atoms with Gasteiger partial charge in [0.25, 0.3) is 5.91 Å². The molecule has 6 heteroatoms. The number of fused-ring (bicyclic) bond motifs is 1. The van der Waals surface area contributed by atoms with E-state index in [0.717, 1.165) is 10.9 Å². The van der Waals surface area contributed by atoms with E-state index in [1.54, 1.807) is 29.8 Å². The number of nitrogens with one attached hydrogen (secondary N) is 1. The van der Waals surface area contributed by atoms with E-state index in [4.69, 9.17) is 5.11 Å². The Hall–Kier alpha value is -2.50. The van der Waals surface area contributed by atoms with Crippen molar-refractivity contribution in [2.45, 2.75) is 0 Å². The van der Waals surface area contributed by atoms with Gasteiger partial charge in [0.15, 0.2) is 0 Å².